The molecule has 2 aromatic rings. The zero-order chi connectivity index (χ0) is 16.2. The number of hydrogen-bond donors (Lipinski definition) is 2. The Bertz CT molecular complexity index is 798. The molecular weight excluding hydrogens is 333 g/mol. The molecule has 2 aromatic carbocycles. The zero-order valence-electron chi connectivity index (χ0n) is 12.0. The quantitative estimate of drug-likeness (QED) is 0.835. The highest BCUT2D eigenvalue weighted by atomic mass is 35.5. The maximum atomic E-state index is 12.0. The van der Waals surface area contributed by atoms with Crippen molar-refractivity contribution < 1.29 is 4.79 Å². The molecule has 0 spiro atoms. The van der Waals surface area contributed by atoms with Crippen LogP contribution in [0, 0.1) is 0 Å². The first-order chi connectivity index (χ1) is 11.1. The van der Waals surface area contributed by atoms with Gasteiger partial charge < -0.3 is 5.32 Å². The maximum absolute atomic E-state index is 12.0. The third-order valence-corrected chi connectivity index (χ3v) is 3.86. The van der Waals surface area contributed by atoms with Crippen molar-refractivity contribution in [2.45, 2.75) is 6.54 Å². The van der Waals surface area contributed by atoms with E-state index in [-0.39, 0.29) is 5.91 Å². The Hall–Kier alpha value is -2.30. The summed E-state index contributed by atoms with van der Waals surface area (Å²) in [5, 5.41) is 6.92. The van der Waals surface area contributed by atoms with Crippen molar-refractivity contribution in [3.05, 3.63) is 75.4 Å². The summed E-state index contributed by atoms with van der Waals surface area (Å²) >= 11 is 11.9. The van der Waals surface area contributed by atoms with Crippen LogP contribution in [0.25, 0.3) is 6.08 Å². The molecule has 0 radical (unpaired) electrons. The number of hydrogen-bond acceptors (Lipinski definition) is 2. The SMILES string of the molecule is O=C1NC(=NCc2ccc(Cl)cc2)NC1=Cc1ccccc1Cl. The predicted molar refractivity (Wildman–Crippen MR) is 93.3 cm³/mol. The van der Waals surface area contributed by atoms with Crippen LogP contribution in [0.4, 0.5) is 0 Å². The van der Waals surface area contributed by atoms with Gasteiger partial charge in [0, 0.05) is 10.0 Å². The maximum Gasteiger partial charge on any atom is 0.274 e. The summed E-state index contributed by atoms with van der Waals surface area (Å²) in [5.41, 5.74) is 2.18. The number of amides is 1. The second-order valence-electron chi connectivity index (χ2n) is 4.95. The summed E-state index contributed by atoms with van der Waals surface area (Å²) in [6.45, 7) is 0.444. The first kappa shape index (κ1) is 15.6. The van der Waals surface area contributed by atoms with Crippen molar-refractivity contribution in [1.82, 2.24) is 10.6 Å². The van der Waals surface area contributed by atoms with Crippen LogP contribution < -0.4 is 10.6 Å². The van der Waals surface area contributed by atoms with E-state index in [0.717, 1.165) is 11.1 Å². The van der Waals surface area contributed by atoms with Crippen LogP contribution >= 0.6 is 23.2 Å². The van der Waals surface area contributed by atoms with Gasteiger partial charge in [-0.2, -0.15) is 0 Å². The van der Waals surface area contributed by atoms with Gasteiger partial charge in [-0.3, -0.25) is 10.1 Å². The third kappa shape index (κ3) is 3.92. The van der Waals surface area contributed by atoms with Gasteiger partial charge in [0.2, 0.25) is 5.96 Å². The number of carbonyl (C=O) groups excluding carboxylic acids is 1. The largest absolute Gasteiger partial charge is 0.321 e. The predicted octanol–water partition coefficient (Wildman–Crippen LogP) is 3.61. The van der Waals surface area contributed by atoms with E-state index in [1.165, 1.54) is 0 Å². The van der Waals surface area contributed by atoms with Crippen LogP contribution in [0.3, 0.4) is 0 Å². The van der Waals surface area contributed by atoms with E-state index in [1.54, 1.807) is 24.3 Å². The van der Waals surface area contributed by atoms with Gasteiger partial charge in [-0.25, -0.2) is 4.99 Å². The zero-order valence-corrected chi connectivity index (χ0v) is 13.5. The Morgan fingerprint density at radius 1 is 1.00 bits per heavy atom. The molecule has 23 heavy (non-hydrogen) atoms. The van der Waals surface area contributed by atoms with E-state index in [1.807, 2.05) is 30.3 Å². The molecule has 0 atom stereocenters. The first-order valence-corrected chi connectivity index (χ1v) is 7.71. The summed E-state index contributed by atoms with van der Waals surface area (Å²) in [5.74, 6) is 0.183. The average molecular weight is 346 g/mol. The lowest BCUT2D eigenvalue weighted by Crippen LogP contribution is -2.25. The highest BCUT2D eigenvalue weighted by Gasteiger charge is 2.21. The molecule has 6 heteroatoms. The minimum absolute atomic E-state index is 0.236. The first-order valence-electron chi connectivity index (χ1n) is 6.95. The van der Waals surface area contributed by atoms with E-state index in [2.05, 4.69) is 15.6 Å². The van der Waals surface area contributed by atoms with Crippen molar-refractivity contribution in [2.24, 2.45) is 4.99 Å². The molecule has 1 fully saturated rings. The fourth-order valence-electron chi connectivity index (χ4n) is 2.08. The van der Waals surface area contributed by atoms with Gasteiger partial charge in [0.1, 0.15) is 5.70 Å². The summed E-state index contributed by atoms with van der Waals surface area (Å²) in [4.78, 5) is 16.3. The molecule has 1 saturated heterocycles. The molecular formula is C17H13Cl2N3O. The molecule has 4 nitrogen and oxygen atoms in total. The van der Waals surface area contributed by atoms with Crippen LogP contribution in [0.15, 0.2) is 59.2 Å². The Morgan fingerprint density at radius 2 is 1.74 bits per heavy atom. The molecule has 116 valence electrons. The number of halogens is 2. The average Bonchev–Trinajstić information content (AvgIpc) is 2.89. The van der Waals surface area contributed by atoms with Gasteiger partial charge in [-0.05, 0) is 35.4 Å². The molecule has 0 aromatic heterocycles. The Labute approximate surface area is 143 Å². The number of rotatable bonds is 3. The van der Waals surface area contributed by atoms with Crippen LogP contribution in [-0.4, -0.2) is 11.9 Å². The summed E-state index contributed by atoms with van der Waals surface area (Å²) in [6.07, 6.45) is 1.70. The number of carbonyl (C=O) groups is 1. The van der Waals surface area contributed by atoms with Gasteiger partial charge in [-0.1, -0.05) is 53.5 Å². The van der Waals surface area contributed by atoms with Gasteiger partial charge in [0.25, 0.3) is 5.91 Å². The van der Waals surface area contributed by atoms with Crippen molar-refractivity contribution in [3.63, 3.8) is 0 Å². The molecule has 1 aliphatic heterocycles. The van der Waals surface area contributed by atoms with Crippen LogP contribution in [0.5, 0.6) is 0 Å². The van der Waals surface area contributed by atoms with Crippen LogP contribution in [0.1, 0.15) is 11.1 Å². The number of aliphatic imine (C=N–C) groups is 1. The van der Waals surface area contributed by atoms with E-state index >= 15 is 0 Å². The van der Waals surface area contributed by atoms with Gasteiger partial charge in [0.15, 0.2) is 0 Å². The lowest BCUT2D eigenvalue weighted by Gasteiger charge is -2.00. The Kier molecular flexibility index (Phi) is 4.65. The van der Waals surface area contributed by atoms with Crippen molar-refractivity contribution in [1.29, 1.82) is 0 Å². The molecule has 0 aliphatic carbocycles. The second kappa shape index (κ2) is 6.86. The summed E-state index contributed by atoms with van der Waals surface area (Å²) in [7, 11) is 0. The molecule has 1 amide bonds. The Balaban J connectivity index is 1.73. The number of guanidine groups is 1. The van der Waals surface area contributed by atoms with Crippen molar-refractivity contribution in [2.75, 3.05) is 0 Å². The highest BCUT2D eigenvalue weighted by Crippen LogP contribution is 2.18. The lowest BCUT2D eigenvalue weighted by molar-refractivity contribution is -0.115. The van der Waals surface area contributed by atoms with Gasteiger partial charge >= 0.3 is 0 Å². The molecule has 3 rings (SSSR count). The molecule has 1 heterocycles. The Morgan fingerprint density at radius 3 is 2.48 bits per heavy atom. The van der Waals surface area contributed by atoms with Crippen molar-refractivity contribution >= 4 is 41.1 Å². The monoisotopic (exact) mass is 345 g/mol. The van der Waals surface area contributed by atoms with Crippen LogP contribution in [-0.2, 0) is 11.3 Å². The second-order valence-corrected chi connectivity index (χ2v) is 5.79. The molecule has 0 unspecified atom stereocenters. The minimum atomic E-state index is -0.236. The molecule has 1 aliphatic rings. The number of benzene rings is 2. The fourth-order valence-corrected chi connectivity index (χ4v) is 2.40. The summed E-state index contributed by atoms with van der Waals surface area (Å²) in [6, 6.07) is 14.7. The topological polar surface area (TPSA) is 53.5 Å². The summed E-state index contributed by atoms with van der Waals surface area (Å²) < 4.78 is 0. The lowest BCUT2D eigenvalue weighted by atomic mass is 10.2. The number of nitrogens with zero attached hydrogens (tertiary/aromatic N) is 1. The van der Waals surface area contributed by atoms with E-state index in [4.69, 9.17) is 23.2 Å². The van der Waals surface area contributed by atoms with E-state index in [9.17, 15) is 4.79 Å². The van der Waals surface area contributed by atoms with E-state index < -0.39 is 0 Å². The fraction of sp³-hybridized carbons (Fsp3) is 0.0588. The van der Waals surface area contributed by atoms with Gasteiger partial charge in [0.05, 0.1) is 6.54 Å². The van der Waals surface area contributed by atoms with E-state index in [0.29, 0.717) is 28.2 Å². The molecule has 0 saturated carbocycles. The van der Waals surface area contributed by atoms with Gasteiger partial charge in [-0.15, -0.1) is 0 Å². The molecule has 2 N–H and O–H groups in total. The third-order valence-electron chi connectivity index (χ3n) is 3.27. The number of nitrogens with one attached hydrogen (secondary N) is 2. The highest BCUT2D eigenvalue weighted by molar-refractivity contribution is 6.32. The van der Waals surface area contributed by atoms with Crippen LogP contribution in [0.2, 0.25) is 10.0 Å². The standard InChI is InChI=1S/C17H13Cl2N3O/c18-13-7-5-11(6-8-13)10-20-17-21-15(16(23)22-17)9-12-3-1-2-4-14(12)19/h1-9H,10H2,(H2,20,21,22,23). The molecule has 0 bridgehead atoms. The smallest absolute Gasteiger partial charge is 0.274 e. The minimum Gasteiger partial charge on any atom is -0.321 e. The van der Waals surface area contributed by atoms with Crippen molar-refractivity contribution in [3.8, 4) is 0 Å². The normalized spacial score (nSPS) is 17.4.